The van der Waals surface area contributed by atoms with Crippen molar-refractivity contribution in [2.75, 3.05) is 0 Å². The van der Waals surface area contributed by atoms with E-state index in [4.69, 9.17) is 0 Å². The molecule has 0 fully saturated rings. The van der Waals surface area contributed by atoms with Crippen LogP contribution >= 0.6 is 45.2 Å². The second-order valence-electron chi connectivity index (χ2n) is 3.94. The van der Waals surface area contributed by atoms with E-state index >= 15 is 0 Å². The van der Waals surface area contributed by atoms with E-state index in [9.17, 15) is 26.7 Å². The van der Waals surface area contributed by atoms with E-state index in [1.807, 2.05) is 45.2 Å². The molecule has 1 atom stereocenters. The van der Waals surface area contributed by atoms with Gasteiger partial charge in [0, 0.05) is 14.1 Å². The molecule has 0 saturated carbocycles. The van der Waals surface area contributed by atoms with Crippen molar-refractivity contribution < 1.29 is 31.5 Å². The summed E-state index contributed by atoms with van der Waals surface area (Å²) < 4.78 is 68.4. The third kappa shape index (κ3) is 4.97. The van der Waals surface area contributed by atoms with Crippen LogP contribution in [0.1, 0.15) is 17.3 Å². The van der Waals surface area contributed by atoms with Gasteiger partial charge in [0.15, 0.2) is 0 Å². The average Bonchev–Trinajstić information content (AvgIpc) is 2.20. The Bertz CT molecular complexity index is 476. The SMILES string of the molecule is CC(F)(F)C(OC(=O)c1cc(I)cc(I)c1)C(F)(F)F. The molecule has 1 aromatic rings. The molecule has 0 aliphatic rings. The number of esters is 1. The lowest BCUT2D eigenvalue weighted by atomic mass is 10.2. The van der Waals surface area contributed by atoms with Crippen molar-refractivity contribution >= 4 is 51.2 Å². The fourth-order valence-corrected chi connectivity index (χ4v) is 3.24. The van der Waals surface area contributed by atoms with E-state index in [1.165, 1.54) is 12.1 Å². The summed E-state index contributed by atoms with van der Waals surface area (Å²) >= 11 is 3.69. The minimum Gasteiger partial charge on any atom is -0.443 e. The first-order valence-electron chi connectivity index (χ1n) is 5.03. The molecule has 112 valence electrons. The van der Waals surface area contributed by atoms with E-state index in [-0.39, 0.29) is 12.5 Å². The van der Waals surface area contributed by atoms with Crippen molar-refractivity contribution in [3.05, 3.63) is 30.9 Å². The van der Waals surface area contributed by atoms with Gasteiger partial charge < -0.3 is 4.74 Å². The summed E-state index contributed by atoms with van der Waals surface area (Å²) in [5.41, 5.74) is -0.209. The molecule has 0 saturated heterocycles. The van der Waals surface area contributed by atoms with Gasteiger partial charge in [0.1, 0.15) is 0 Å². The van der Waals surface area contributed by atoms with Crippen molar-refractivity contribution in [1.29, 1.82) is 0 Å². The van der Waals surface area contributed by atoms with Crippen molar-refractivity contribution in [3.63, 3.8) is 0 Å². The van der Waals surface area contributed by atoms with Gasteiger partial charge in [0.05, 0.1) is 5.56 Å². The van der Waals surface area contributed by atoms with Crippen LogP contribution in [-0.4, -0.2) is 24.2 Å². The maximum Gasteiger partial charge on any atom is 0.431 e. The van der Waals surface area contributed by atoms with Gasteiger partial charge >= 0.3 is 12.1 Å². The van der Waals surface area contributed by atoms with E-state index in [1.54, 1.807) is 6.07 Å². The normalized spacial score (nSPS) is 14.0. The average molecular weight is 520 g/mol. The quantitative estimate of drug-likeness (QED) is 0.330. The lowest BCUT2D eigenvalue weighted by Crippen LogP contribution is -2.46. The molecule has 0 amide bonds. The Labute approximate surface area is 138 Å². The van der Waals surface area contributed by atoms with Crippen LogP contribution in [0.2, 0.25) is 0 Å². The van der Waals surface area contributed by atoms with Crippen LogP contribution in [0, 0.1) is 7.14 Å². The van der Waals surface area contributed by atoms with E-state index in [0.29, 0.717) is 7.14 Å². The Balaban J connectivity index is 3.03. The highest BCUT2D eigenvalue weighted by Crippen LogP contribution is 2.35. The zero-order valence-corrected chi connectivity index (χ0v) is 14.1. The predicted molar refractivity (Wildman–Crippen MR) is 77.8 cm³/mol. The Hall–Kier alpha value is -0.200. The van der Waals surface area contributed by atoms with Crippen LogP contribution in [0.4, 0.5) is 22.0 Å². The fraction of sp³-hybridized carbons (Fsp3) is 0.364. The first-order chi connectivity index (χ1) is 8.91. The van der Waals surface area contributed by atoms with Crippen molar-refractivity contribution in [2.24, 2.45) is 0 Å². The van der Waals surface area contributed by atoms with Gasteiger partial charge in [-0.3, -0.25) is 0 Å². The number of hydrogen-bond donors (Lipinski definition) is 0. The molecule has 1 rings (SSSR count). The molecule has 2 nitrogen and oxygen atoms in total. The molecule has 0 spiro atoms. The fourth-order valence-electron chi connectivity index (χ4n) is 1.30. The van der Waals surface area contributed by atoms with Crippen molar-refractivity contribution in [3.8, 4) is 0 Å². The van der Waals surface area contributed by atoms with Gasteiger partial charge in [0.2, 0.25) is 0 Å². The largest absolute Gasteiger partial charge is 0.443 e. The molecule has 0 bridgehead atoms. The molecule has 0 N–H and O–H groups in total. The summed E-state index contributed by atoms with van der Waals surface area (Å²) in [4.78, 5) is 11.6. The molecule has 1 aromatic carbocycles. The van der Waals surface area contributed by atoms with Crippen LogP contribution < -0.4 is 0 Å². The maximum atomic E-state index is 12.9. The monoisotopic (exact) mass is 520 g/mol. The van der Waals surface area contributed by atoms with Gasteiger partial charge in [-0.05, 0) is 63.4 Å². The lowest BCUT2D eigenvalue weighted by molar-refractivity contribution is -0.263. The number of alkyl halides is 5. The van der Waals surface area contributed by atoms with E-state index in [2.05, 4.69) is 4.74 Å². The molecule has 9 heteroatoms. The van der Waals surface area contributed by atoms with Gasteiger partial charge in [0.25, 0.3) is 12.0 Å². The molecule has 0 aliphatic carbocycles. The topological polar surface area (TPSA) is 26.3 Å². The minimum absolute atomic E-state index is 0.0525. The molecule has 1 unspecified atom stereocenters. The Morgan fingerprint density at radius 2 is 1.55 bits per heavy atom. The molecule has 0 radical (unpaired) electrons. The van der Waals surface area contributed by atoms with Crippen LogP contribution in [0.25, 0.3) is 0 Å². The lowest BCUT2D eigenvalue weighted by Gasteiger charge is -2.25. The summed E-state index contributed by atoms with van der Waals surface area (Å²) in [6.07, 6.45) is -8.82. The highest BCUT2D eigenvalue weighted by atomic mass is 127. The van der Waals surface area contributed by atoms with Gasteiger partial charge in [-0.25, -0.2) is 13.6 Å². The Morgan fingerprint density at radius 3 is 1.90 bits per heavy atom. The first-order valence-corrected chi connectivity index (χ1v) is 7.18. The molecule has 0 heterocycles. The standard InChI is InChI=1S/C11H7F5I2O2/c1-10(12,13)9(11(14,15)16)20-8(19)5-2-6(17)4-7(18)3-5/h2-4,9H,1H3. The van der Waals surface area contributed by atoms with Crippen LogP contribution in [0.15, 0.2) is 18.2 Å². The number of hydrogen-bond acceptors (Lipinski definition) is 2. The maximum absolute atomic E-state index is 12.9. The summed E-state index contributed by atoms with van der Waals surface area (Å²) in [6.45, 7) is 0.0525. The Kier molecular flexibility index (Phi) is 5.60. The third-order valence-electron chi connectivity index (χ3n) is 2.08. The van der Waals surface area contributed by atoms with E-state index in [0.717, 1.165) is 0 Å². The summed E-state index contributed by atoms with van der Waals surface area (Å²) in [5, 5.41) is 0. The molecular weight excluding hydrogens is 513 g/mol. The molecule has 0 aliphatic heterocycles. The van der Waals surface area contributed by atoms with Gasteiger partial charge in [-0.2, -0.15) is 13.2 Å². The van der Waals surface area contributed by atoms with Gasteiger partial charge in [-0.15, -0.1) is 0 Å². The molecule has 0 aromatic heterocycles. The number of ether oxygens (including phenoxy) is 1. The zero-order valence-electron chi connectivity index (χ0n) is 9.77. The zero-order chi connectivity index (χ0) is 15.7. The number of rotatable bonds is 3. The minimum atomic E-state index is -5.34. The van der Waals surface area contributed by atoms with Crippen LogP contribution in [-0.2, 0) is 4.74 Å². The third-order valence-corrected chi connectivity index (χ3v) is 3.33. The highest BCUT2D eigenvalue weighted by molar-refractivity contribution is 14.1. The summed E-state index contributed by atoms with van der Waals surface area (Å²) in [7, 11) is 0. The number of benzene rings is 1. The predicted octanol–water partition coefficient (Wildman–Crippen LogP) is 4.64. The summed E-state index contributed by atoms with van der Waals surface area (Å²) in [6, 6.07) is 4.17. The van der Waals surface area contributed by atoms with Crippen LogP contribution in [0.3, 0.4) is 0 Å². The smallest absolute Gasteiger partial charge is 0.431 e. The number of carbonyl (C=O) groups excluding carboxylic acids is 1. The Morgan fingerprint density at radius 1 is 1.10 bits per heavy atom. The number of carbonyl (C=O) groups is 1. The first kappa shape index (κ1) is 17.9. The second kappa shape index (κ2) is 6.28. The number of halogens is 7. The van der Waals surface area contributed by atoms with Crippen LogP contribution in [0.5, 0.6) is 0 Å². The summed E-state index contributed by atoms with van der Waals surface area (Å²) in [5.74, 6) is -5.66. The van der Waals surface area contributed by atoms with Gasteiger partial charge in [-0.1, -0.05) is 0 Å². The molecule has 20 heavy (non-hydrogen) atoms. The second-order valence-corrected chi connectivity index (χ2v) is 6.43. The van der Waals surface area contributed by atoms with Crippen molar-refractivity contribution in [1.82, 2.24) is 0 Å². The highest BCUT2D eigenvalue weighted by Gasteiger charge is 2.56. The van der Waals surface area contributed by atoms with Crippen molar-refractivity contribution in [2.45, 2.75) is 25.1 Å². The van der Waals surface area contributed by atoms with E-state index < -0.39 is 24.2 Å². The molecular formula is C11H7F5I2O2.